The van der Waals surface area contributed by atoms with Gasteiger partial charge >= 0.3 is 0 Å². The van der Waals surface area contributed by atoms with E-state index in [0.717, 1.165) is 33.6 Å². The van der Waals surface area contributed by atoms with Crippen LogP contribution < -0.4 is 5.56 Å². The molecule has 6 nitrogen and oxygen atoms in total. The van der Waals surface area contributed by atoms with E-state index in [-0.39, 0.29) is 5.56 Å². The standard InChI is InChI=1S/C26H19N5O/c1-30-22(18-13-7-3-8-14-18)20-24(23(30)19-15-9-4-10-16-19)31-25(27-26(20)32)21(28-29-31)17-11-5-2-6-12-17/h2-16,29H,1H3. The molecule has 0 amide bonds. The van der Waals surface area contributed by atoms with E-state index in [4.69, 9.17) is 0 Å². The van der Waals surface area contributed by atoms with E-state index in [1.54, 1.807) is 0 Å². The molecule has 1 N–H and O–H groups in total. The molecule has 32 heavy (non-hydrogen) atoms. The molecule has 6 aromatic rings. The predicted molar refractivity (Wildman–Crippen MR) is 126 cm³/mol. The normalized spacial score (nSPS) is 11.4. The van der Waals surface area contributed by atoms with E-state index in [0.29, 0.717) is 16.7 Å². The van der Waals surface area contributed by atoms with Crippen LogP contribution in [0.2, 0.25) is 0 Å². The summed E-state index contributed by atoms with van der Waals surface area (Å²) in [5.74, 6) is 0. The van der Waals surface area contributed by atoms with Gasteiger partial charge in [0, 0.05) is 18.2 Å². The molecule has 0 saturated heterocycles. The Hall–Kier alpha value is -4.45. The fraction of sp³-hybridized carbons (Fsp3) is 0.0385. The number of nitrogens with one attached hydrogen (secondary N) is 1. The molecular weight excluding hydrogens is 398 g/mol. The summed E-state index contributed by atoms with van der Waals surface area (Å²) < 4.78 is 3.90. The summed E-state index contributed by atoms with van der Waals surface area (Å²) in [6.07, 6.45) is 0. The molecule has 3 aromatic heterocycles. The van der Waals surface area contributed by atoms with Gasteiger partial charge in [-0.15, -0.1) is 0 Å². The lowest BCUT2D eigenvalue weighted by Gasteiger charge is -2.08. The summed E-state index contributed by atoms with van der Waals surface area (Å²) in [7, 11) is 1.99. The highest BCUT2D eigenvalue weighted by molar-refractivity contribution is 6.04. The van der Waals surface area contributed by atoms with Crippen molar-refractivity contribution in [1.82, 2.24) is 24.4 Å². The Kier molecular flexibility index (Phi) is 4.04. The number of aromatic amines is 1. The topological polar surface area (TPSA) is 68.0 Å². The molecule has 3 aromatic carbocycles. The average molecular weight is 417 g/mol. The van der Waals surface area contributed by atoms with Gasteiger partial charge in [0.1, 0.15) is 11.2 Å². The molecule has 154 valence electrons. The molecule has 0 aliphatic heterocycles. The van der Waals surface area contributed by atoms with E-state index < -0.39 is 0 Å². The zero-order valence-electron chi connectivity index (χ0n) is 17.4. The molecule has 6 heteroatoms. The minimum Gasteiger partial charge on any atom is -0.341 e. The summed E-state index contributed by atoms with van der Waals surface area (Å²) in [6.45, 7) is 0. The third-order valence-corrected chi connectivity index (χ3v) is 5.84. The quantitative estimate of drug-likeness (QED) is 0.445. The Morgan fingerprint density at radius 1 is 0.719 bits per heavy atom. The Morgan fingerprint density at radius 2 is 1.25 bits per heavy atom. The van der Waals surface area contributed by atoms with Crippen LogP contribution in [0.5, 0.6) is 0 Å². The molecule has 0 aliphatic rings. The lowest BCUT2D eigenvalue weighted by atomic mass is 10.1. The van der Waals surface area contributed by atoms with E-state index in [2.05, 4.69) is 32.0 Å². The SMILES string of the molecule is Cn1c(-c2ccccc2)c2c(=O)nc3c(-c4ccccc4)n[nH]n3c2c1-c1ccccc1. The van der Waals surface area contributed by atoms with Crippen LogP contribution in [-0.2, 0) is 7.05 Å². The molecule has 6 rings (SSSR count). The number of hydrogen-bond donors (Lipinski definition) is 1. The van der Waals surface area contributed by atoms with Gasteiger partial charge in [-0.05, 0) is 5.56 Å². The Labute approximate surface area is 183 Å². The van der Waals surface area contributed by atoms with Crippen molar-refractivity contribution in [2.75, 3.05) is 0 Å². The van der Waals surface area contributed by atoms with Crippen LogP contribution in [0.15, 0.2) is 95.8 Å². The molecule has 0 bridgehead atoms. The van der Waals surface area contributed by atoms with Crippen LogP contribution in [-0.4, -0.2) is 24.4 Å². The number of hydrogen-bond acceptors (Lipinski definition) is 3. The van der Waals surface area contributed by atoms with Gasteiger partial charge in [-0.25, -0.2) is 9.73 Å². The van der Waals surface area contributed by atoms with Crippen molar-refractivity contribution in [2.24, 2.45) is 7.05 Å². The van der Waals surface area contributed by atoms with Crippen molar-refractivity contribution in [3.8, 4) is 33.8 Å². The number of rotatable bonds is 3. The Morgan fingerprint density at radius 3 is 1.84 bits per heavy atom. The van der Waals surface area contributed by atoms with Gasteiger partial charge in [0.15, 0.2) is 5.65 Å². The van der Waals surface area contributed by atoms with Gasteiger partial charge < -0.3 is 4.57 Å². The monoisotopic (exact) mass is 417 g/mol. The number of nitrogens with zero attached hydrogens (tertiary/aromatic N) is 4. The van der Waals surface area contributed by atoms with Crippen molar-refractivity contribution in [3.05, 3.63) is 101 Å². The van der Waals surface area contributed by atoms with E-state index >= 15 is 0 Å². The van der Waals surface area contributed by atoms with E-state index in [1.807, 2.05) is 90.4 Å². The van der Waals surface area contributed by atoms with Gasteiger partial charge in [0.05, 0.1) is 16.8 Å². The van der Waals surface area contributed by atoms with Gasteiger partial charge in [0.25, 0.3) is 5.56 Å². The number of fused-ring (bicyclic) bond motifs is 3. The lowest BCUT2D eigenvalue weighted by molar-refractivity contribution is 0.872. The number of aromatic nitrogens is 5. The summed E-state index contributed by atoms with van der Waals surface area (Å²) in [6, 6.07) is 29.8. The smallest absolute Gasteiger partial charge is 0.283 e. The molecule has 0 unspecified atom stereocenters. The molecule has 0 fully saturated rings. The van der Waals surface area contributed by atoms with Crippen molar-refractivity contribution >= 4 is 16.6 Å². The predicted octanol–water partition coefficient (Wildman–Crippen LogP) is 4.91. The van der Waals surface area contributed by atoms with Crippen LogP contribution in [0.1, 0.15) is 0 Å². The minimum absolute atomic E-state index is 0.268. The largest absolute Gasteiger partial charge is 0.341 e. The zero-order chi connectivity index (χ0) is 21.7. The van der Waals surface area contributed by atoms with Crippen molar-refractivity contribution in [2.45, 2.75) is 0 Å². The highest BCUT2D eigenvalue weighted by Crippen LogP contribution is 2.37. The number of H-pyrrole nitrogens is 1. The maximum atomic E-state index is 13.5. The first kappa shape index (κ1) is 18.3. The fourth-order valence-corrected chi connectivity index (χ4v) is 4.45. The highest BCUT2D eigenvalue weighted by Gasteiger charge is 2.25. The molecule has 0 aliphatic carbocycles. The van der Waals surface area contributed by atoms with Crippen LogP contribution in [0.25, 0.3) is 50.3 Å². The maximum absolute atomic E-state index is 13.5. The molecule has 0 saturated carbocycles. The summed E-state index contributed by atoms with van der Waals surface area (Å²) >= 11 is 0. The zero-order valence-corrected chi connectivity index (χ0v) is 17.4. The van der Waals surface area contributed by atoms with Gasteiger partial charge in [-0.2, -0.15) is 10.1 Å². The minimum atomic E-state index is -0.268. The third-order valence-electron chi connectivity index (χ3n) is 5.84. The summed E-state index contributed by atoms with van der Waals surface area (Å²) in [4.78, 5) is 18.0. The first-order valence-electron chi connectivity index (χ1n) is 10.4. The fourth-order valence-electron chi connectivity index (χ4n) is 4.45. The van der Waals surface area contributed by atoms with Crippen molar-refractivity contribution in [1.29, 1.82) is 0 Å². The molecule has 0 spiro atoms. The second-order valence-electron chi connectivity index (χ2n) is 7.71. The van der Waals surface area contributed by atoms with Crippen LogP contribution in [0, 0.1) is 0 Å². The number of benzene rings is 3. The molecule has 0 atom stereocenters. The summed E-state index contributed by atoms with van der Waals surface area (Å²) in [5, 5.41) is 8.21. The van der Waals surface area contributed by atoms with Crippen molar-refractivity contribution in [3.63, 3.8) is 0 Å². The average Bonchev–Trinajstić information content (AvgIpc) is 3.39. The van der Waals surface area contributed by atoms with Gasteiger partial charge in [-0.3, -0.25) is 4.79 Å². The molecular formula is C26H19N5O. The van der Waals surface area contributed by atoms with Crippen LogP contribution >= 0.6 is 0 Å². The second-order valence-corrected chi connectivity index (χ2v) is 7.71. The van der Waals surface area contributed by atoms with E-state index in [1.165, 1.54) is 0 Å². The van der Waals surface area contributed by atoms with E-state index in [9.17, 15) is 4.79 Å². The lowest BCUT2D eigenvalue weighted by Crippen LogP contribution is -2.10. The highest BCUT2D eigenvalue weighted by atomic mass is 16.1. The third kappa shape index (κ3) is 2.63. The molecule has 3 heterocycles. The van der Waals surface area contributed by atoms with Crippen LogP contribution in [0.3, 0.4) is 0 Å². The van der Waals surface area contributed by atoms with Gasteiger partial charge in [0.2, 0.25) is 0 Å². The Balaban J connectivity index is 1.80. The maximum Gasteiger partial charge on any atom is 0.283 e. The van der Waals surface area contributed by atoms with Crippen molar-refractivity contribution < 1.29 is 0 Å². The Bertz CT molecular complexity index is 1630. The molecule has 0 radical (unpaired) electrons. The first-order chi connectivity index (χ1) is 15.7. The first-order valence-corrected chi connectivity index (χ1v) is 10.4. The second kappa shape index (κ2) is 7.06. The van der Waals surface area contributed by atoms with Gasteiger partial charge in [-0.1, -0.05) is 91.0 Å². The summed E-state index contributed by atoms with van der Waals surface area (Å²) in [5.41, 5.74) is 6.29. The van der Waals surface area contributed by atoms with Crippen LogP contribution in [0.4, 0.5) is 0 Å².